The maximum absolute atomic E-state index is 3.85. The Morgan fingerprint density at radius 2 is 1.67 bits per heavy atom. The molecule has 4 heteroatoms. The van der Waals surface area contributed by atoms with Crippen LogP contribution in [0.3, 0.4) is 0 Å². The molecular formula is C17H24N2S2. The molecule has 1 aliphatic rings. The van der Waals surface area contributed by atoms with Crippen molar-refractivity contribution in [1.29, 1.82) is 0 Å². The van der Waals surface area contributed by atoms with Crippen LogP contribution in [0.5, 0.6) is 0 Å². The summed E-state index contributed by atoms with van der Waals surface area (Å²) < 4.78 is 0. The smallest absolute Gasteiger partial charge is 0.0767 e. The van der Waals surface area contributed by atoms with E-state index in [4.69, 9.17) is 0 Å². The first-order valence-electron chi connectivity index (χ1n) is 7.88. The summed E-state index contributed by atoms with van der Waals surface area (Å²) in [6.07, 6.45) is 4.14. The van der Waals surface area contributed by atoms with Crippen molar-refractivity contribution in [3.05, 3.63) is 44.8 Å². The zero-order valence-corrected chi connectivity index (χ0v) is 14.3. The van der Waals surface area contributed by atoms with Crippen LogP contribution in [0, 0.1) is 0 Å². The Bertz CT molecular complexity index is 467. The number of rotatable bonds is 6. The van der Waals surface area contributed by atoms with Crippen LogP contribution in [0.4, 0.5) is 0 Å². The van der Waals surface area contributed by atoms with Gasteiger partial charge in [0.15, 0.2) is 0 Å². The van der Waals surface area contributed by atoms with Gasteiger partial charge in [0.05, 0.1) is 6.04 Å². The number of nitrogens with zero attached hydrogens (tertiary/aromatic N) is 1. The molecule has 0 bridgehead atoms. The van der Waals surface area contributed by atoms with Crippen LogP contribution < -0.4 is 5.32 Å². The minimum absolute atomic E-state index is 0.352. The van der Waals surface area contributed by atoms with Gasteiger partial charge >= 0.3 is 0 Å². The van der Waals surface area contributed by atoms with E-state index in [2.05, 4.69) is 52.2 Å². The Labute approximate surface area is 135 Å². The first-order valence-corrected chi connectivity index (χ1v) is 9.64. The molecule has 2 nitrogen and oxygen atoms in total. The van der Waals surface area contributed by atoms with Gasteiger partial charge < -0.3 is 10.2 Å². The van der Waals surface area contributed by atoms with Crippen molar-refractivity contribution in [2.45, 2.75) is 38.3 Å². The first-order chi connectivity index (χ1) is 10.3. The Morgan fingerprint density at radius 3 is 2.19 bits per heavy atom. The minimum Gasteiger partial charge on any atom is -0.302 e. The number of nitrogens with one attached hydrogen (secondary N) is 1. The summed E-state index contributed by atoms with van der Waals surface area (Å²) in [4.78, 5) is 5.45. The van der Waals surface area contributed by atoms with Gasteiger partial charge in [0.25, 0.3) is 0 Å². The maximum atomic E-state index is 3.85. The van der Waals surface area contributed by atoms with E-state index in [-0.39, 0.29) is 0 Å². The number of likely N-dealkylation sites (tertiary alicyclic amines) is 1. The molecule has 2 aromatic heterocycles. The van der Waals surface area contributed by atoms with Gasteiger partial charge in [-0.05, 0) is 55.7 Å². The summed E-state index contributed by atoms with van der Waals surface area (Å²) in [5.41, 5.74) is 0. The second kappa shape index (κ2) is 7.54. The van der Waals surface area contributed by atoms with Crippen LogP contribution in [0.25, 0.3) is 0 Å². The average molecular weight is 321 g/mol. The summed E-state index contributed by atoms with van der Waals surface area (Å²) in [6.45, 7) is 6.03. The number of thiophene rings is 2. The third-order valence-corrected chi connectivity index (χ3v) is 5.96. The number of hydrogen-bond acceptors (Lipinski definition) is 4. The molecule has 1 N–H and O–H groups in total. The molecule has 0 aromatic carbocycles. The molecule has 1 atom stereocenters. The predicted molar refractivity (Wildman–Crippen MR) is 93.4 cm³/mol. The van der Waals surface area contributed by atoms with Gasteiger partial charge in [0, 0.05) is 22.3 Å². The van der Waals surface area contributed by atoms with Crippen molar-refractivity contribution in [2.24, 2.45) is 0 Å². The average Bonchev–Trinajstić information content (AvgIpc) is 3.19. The molecule has 3 heterocycles. The van der Waals surface area contributed by atoms with Crippen molar-refractivity contribution in [1.82, 2.24) is 10.2 Å². The van der Waals surface area contributed by atoms with Gasteiger partial charge in [-0.1, -0.05) is 18.6 Å². The largest absolute Gasteiger partial charge is 0.302 e. The van der Waals surface area contributed by atoms with Crippen molar-refractivity contribution < 1.29 is 0 Å². The van der Waals surface area contributed by atoms with Gasteiger partial charge in [0.1, 0.15) is 0 Å². The van der Waals surface area contributed by atoms with E-state index in [0.29, 0.717) is 12.1 Å². The van der Waals surface area contributed by atoms with Gasteiger partial charge in [-0.3, -0.25) is 0 Å². The fraction of sp³-hybridized carbons (Fsp3) is 0.529. The first kappa shape index (κ1) is 15.2. The van der Waals surface area contributed by atoms with Crippen molar-refractivity contribution in [3.63, 3.8) is 0 Å². The van der Waals surface area contributed by atoms with Crippen molar-refractivity contribution >= 4 is 22.7 Å². The lowest BCUT2D eigenvalue weighted by Gasteiger charge is -2.31. The molecule has 0 spiro atoms. The van der Waals surface area contributed by atoms with Crippen LogP contribution in [0.2, 0.25) is 0 Å². The SMILES string of the molecule is CC(CN1CCCCC1)NC(c1cccs1)c1cccs1. The summed E-state index contributed by atoms with van der Waals surface area (Å²) in [5, 5.41) is 8.20. The maximum Gasteiger partial charge on any atom is 0.0767 e. The zero-order valence-electron chi connectivity index (χ0n) is 12.6. The lowest BCUT2D eigenvalue weighted by molar-refractivity contribution is 0.207. The van der Waals surface area contributed by atoms with Crippen LogP contribution in [0.15, 0.2) is 35.0 Å². The minimum atomic E-state index is 0.352. The van der Waals surface area contributed by atoms with Crippen LogP contribution in [-0.2, 0) is 0 Å². The van der Waals surface area contributed by atoms with E-state index in [1.54, 1.807) is 0 Å². The van der Waals surface area contributed by atoms with E-state index in [9.17, 15) is 0 Å². The lowest BCUT2D eigenvalue weighted by atomic mass is 10.1. The van der Waals surface area contributed by atoms with E-state index in [1.165, 1.54) is 42.1 Å². The molecular weight excluding hydrogens is 296 g/mol. The Hall–Kier alpha value is -0.680. The van der Waals surface area contributed by atoms with Crippen LogP contribution in [-0.4, -0.2) is 30.6 Å². The number of piperidine rings is 1. The molecule has 2 aromatic rings. The summed E-state index contributed by atoms with van der Waals surface area (Å²) in [6, 6.07) is 9.66. The molecule has 21 heavy (non-hydrogen) atoms. The molecule has 0 amide bonds. The highest BCUT2D eigenvalue weighted by Gasteiger charge is 2.20. The van der Waals surface area contributed by atoms with E-state index in [0.717, 1.165) is 6.54 Å². The highest BCUT2D eigenvalue weighted by Crippen LogP contribution is 2.29. The third-order valence-electron chi connectivity index (χ3n) is 4.09. The van der Waals surface area contributed by atoms with E-state index < -0.39 is 0 Å². The van der Waals surface area contributed by atoms with Gasteiger partial charge in [-0.2, -0.15) is 0 Å². The fourth-order valence-electron chi connectivity index (χ4n) is 3.08. The van der Waals surface area contributed by atoms with Crippen molar-refractivity contribution in [2.75, 3.05) is 19.6 Å². The molecule has 1 aliphatic heterocycles. The molecule has 1 saturated heterocycles. The van der Waals surface area contributed by atoms with Gasteiger partial charge in [-0.15, -0.1) is 22.7 Å². The summed E-state index contributed by atoms with van der Waals surface area (Å²) in [7, 11) is 0. The fourth-order valence-corrected chi connectivity index (χ4v) is 4.76. The van der Waals surface area contributed by atoms with E-state index >= 15 is 0 Å². The van der Waals surface area contributed by atoms with Crippen molar-refractivity contribution in [3.8, 4) is 0 Å². The Balaban J connectivity index is 1.64. The summed E-state index contributed by atoms with van der Waals surface area (Å²) >= 11 is 3.70. The molecule has 3 rings (SSSR count). The zero-order chi connectivity index (χ0) is 14.5. The molecule has 1 fully saturated rings. The number of hydrogen-bond donors (Lipinski definition) is 1. The Morgan fingerprint density at radius 1 is 1.05 bits per heavy atom. The standard InChI is InChI=1S/C17H24N2S2/c1-14(13-19-9-3-2-4-10-19)18-17(15-7-5-11-20-15)16-8-6-12-21-16/h5-8,11-12,14,17-18H,2-4,9-10,13H2,1H3. The molecule has 114 valence electrons. The predicted octanol–water partition coefficient (Wildman–Crippen LogP) is 4.36. The third kappa shape index (κ3) is 4.16. The topological polar surface area (TPSA) is 15.3 Å². The molecule has 1 unspecified atom stereocenters. The van der Waals surface area contributed by atoms with Crippen LogP contribution >= 0.6 is 22.7 Å². The summed E-state index contributed by atoms with van der Waals surface area (Å²) in [5.74, 6) is 0. The lowest BCUT2D eigenvalue weighted by Crippen LogP contribution is -2.42. The van der Waals surface area contributed by atoms with E-state index in [1.807, 2.05) is 22.7 Å². The van der Waals surface area contributed by atoms with Crippen LogP contribution in [0.1, 0.15) is 42.0 Å². The Kier molecular flexibility index (Phi) is 5.47. The highest BCUT2D eigenvalue weighted by atomic mass is 32.1. The second-order valence-electron chi connectivity index (χ2n) is 5.89. The normalized spacial score (nSPS) is 18.2. The second-order valence-corrected chi connectivity index (χ2v) is 7.85. The molecule has 0 aliphatic carbocycles. The molecule has 0 radical (unpaired) electrons. The highest BCUT2D eigenvalue weighted by molar-refractivity contribution is 7.11. The molecule has 0 saturated carbocycles. The van der Waals surface area contributed by atoms with Gasteiger partial charge in [0.2, 0.25) is 0 Å². The van der Waals surface area contributed by atoms with Gasteiger partial charge in [-0.25, -0.2) is 0 Å². The quantitative estimate of drug-likeness (QED) is 0.850. The monoisotopic (exact) mass is 320 g/mol.